The second-order valence-corrected chi connectivity index (χ2v) is 8.02. The maximum atomic E-state index is 12.8. The van der Waals surface area contributed by atoms with Gasteiger partial charge in [-0.1, -0.05) is 18.1 Å². The minimum atomic E-state index is -0.657. The molecule has 0 spiro atoms. The van der Waals surface area contributed by atoms with Crippen molar-refractivity contribution in [2.24, 2.45) is 0 Å². The molecule has 146 valence electrons. The van der Waals surface area contributed by atoms with Gasteiger partial charge >= 0.3 is 12.1 Å². The summed E-state index contributed by atoms with van der Waals surface area (Å²) in [6.45, 7) is 5.40. The summed E-state index contributed by atoms with van der Waals surface area (Å²) in [5.41, 5.74) is 3.36. The number of terminal acetylenes is 1. The molecule has 0 saturated heterocycles. The van der Waals surface area contributed by atoms with Crippen LogP contribution in [0.4, 0.5) is 4.79 Å². The van der Waals surface area contributed by atoms with Crippen molar-refractivity contribution in [1.29, 1.82) is 0 Å². The third-order valence-corrected chi connectivity index (χ3v) is 4.85. The molecular weight excluding hydrogens is 354 g/mol. The van der Waals surface area contributed by atoms with Gasteiger partial charge in [0.25, 0.3) is 0 Å². The Kier molecular flexibility index (Phi) is 5.33. The Bertz CT molecular complexity index is 956. The number of carbonyl (C=O) groups is 2. The molecule has 1 aromatic carbocycles. The highest BCUT2D eigenvalue weighted by atomic mass is 16.6. The lowest BCUT2D eigenvalue weighted by atomic mass is 9.94. The molecule has 1 aliphatic rings. The van der Waals surface area contributed by atoms with Gasteiger partial charge in [0.15, 0.2) is 0 Å². The van der Waals surface area contributed by atoms with E-state index < -0.39 is 17.7 Å². The Labute approximate surface area is 165 Å². The SMILES string of the molecule is C#Cc1cccc(CC2CCc3c2cc(C(=O)OC)n3C(=O)OC(C)(C)C)c1. The highest BCUT2D eigenvalue weighted by Gasteiger charge is 2.34. The minimum absolute atomic E-state index is 0.204. The lowest BCUT2D eigenvalue weighted by Crippen LogP contribution is -2.30. The molecule has 1 heterocycles. The molecule has 3 rings (SSSR count). The van der Waals surface area contributed by atoms with Gasteiger partial charge in [-0.3, -0.25) is 0 Å². The summed E-state index contributed by atoms with van der Waals surface area (Å²) in [6, 6.07) is 9.67. The number of rotatable bonds is 3. The lowest BCUT2D eigenvalue weighted by Gasteiger charge is -2.21. The van der Waals surface area contributed by atoms with Crippen molar-refractivity contribution in [3.8, 4) is 12.3 Å². The smallest absolute Gasteiger partial charge is 0.419 e. The first-order valence-corrected chi connectivity index (χ1v) is 9.35. The Hall–Kier alpha value is -3.00. The van der Waals surface area contributed by atoms with Crippen LogP contribution in [0, 0.1) is 12.3 Å². The average Bonchev–Trinajstić information content (AvgIpc) is 3.19. The molecule has 5 heteroatoms. The van der Waals surface area contributed by atoms with Crippen LogP contribution in [0.3, 0.4) is 0 Å². The molecule has 0 saturated carbocycles. The topological polar surface area (TPSA) is 57.5 Å². The maximum absolute atomic E-state index is 12.8. The number of nitrogens with zero attached hydrogens (tertiary/aromatic N) is 1. The van der Waals surface area contributed by atoms with Crippen LogP contribution in [0.25, 0.3) is 0 Å². The third-order valence-electron chi connectivity index (χ3n) is 4.85. The Balaban J connectivity index is 1.96. The van der Waals surface area contributed by atoms with E-state index in [1.165, 1.54) is 11.7 Å². The molecule has 2 aromatic rings. The number of hydrogen-bond donors (Lipinski definition) is 0. The van der Waals surface area contributed by atoms with E-state index in [4.69, 9.17) is 15.9 Å². The lowest BCUT2D eigenvalue weighted by molar-refractivity contribution is 0.0480. The van der Waals surface area contributed by atoms with Crippen molar-refractivity contribution in [1.82, 2.24) is 4.57 Å². The van der Waals surface area contributed by atoms with Gasteiger partial charge in [0.2, 0.25) is 0 Å². The number of methoxy groups -OCH3 is 1. The van der Waals surface area contributed by atoms with Gasteiger partial charge in [0.1, 0.15) is 11.3 Å². The largest absolute Gasteiger partial charge is 0.464 e. The molecule has 1 aromatic heterocycles. The van der Waals surface area contributed by atoms with Crippen LogP contribution >= 0.6 is 0 Å². The number of benzene rings is 1. The summed E-state index contributed by atoms with van der Waals surface area (Å²) in [4.78, 5) is 25.1. The van der Waals surface area contributed by atoms with Crippen molar-refractivity contribution >= 4 is 12.1 Å². The van der Waals surface area contributed by atoms with E-state index >= 15 is 0 Å². The highest BCUT2D eigenvalue weighted by molar-refractivity contribution is 5.93. The summed E-state index contributed by atoms with van der Waals surface area (Å²) in [5, 5.41) is 0. The van der Waals surface area contributed by atoms with Gasteiger partial charge in [0, 0.05) is 11.3 Å². The molecule has 1 atom stereocenters. The van der Waals surface area contributed by atoms with E-state index in [1.807, 2.05) is 24.3 Å². The zero-order chi connectivity index (χ0) is 20.5. The number of carbonyl (C=O) groups excluding carboxylic acids is 2. The molecule has 28 heavy (non-hydrogen) atoms. The average molecular weight is 379 g/mol. The van der Waals surface area contributed by atoms with Crippen LogP contribution in [0.2, 0.25) is 0 Å². The summed E-state index contributed by atoms with van der Waals surface area (Å²) in [5.74, 6) is 2.31. The molecule has 0 N–H and O–H groups in total. The minimum Gasteiger partial charge on any atom is -0.464 e. The van der Waals surface area contributed by atoms with E-state index in [2.05, 4.69) is 5.92 Å². The van der Waals surface area contributed by atoms with Gasteiger partial charge in [-0.25, -0.2) is 14.2 Å². The number of ether oxygens (including phenoxy) is 2. The van der Waals surface area contributed by atoms with Crippen LogP contribution in [-0.2, 0) is 22.3 Å². The molecule has 0 bridgehead atoms. The second-order valence-electron chi connectivity index (χ2n) is 8.02. The summed E-state index contributed by atoms with van der Waals surface area (Å²) in [7, 11) is 1.31. The Morgan fingerprint density at radius 1 is 1.29 bits per heavy atom. The normalized spacial score (nSPS) is 15.6. The van der Waals surface area contributed by atoms with Crippen molar-refractivity contribution in [3.05, 3.63) is 58.4 Å². The fourth-order valence-electron chi connectivity index (χ4n) is 3.70. The first-order chi connectivity index (χ1) is 13.2. The van der Waals surface area contributed by atoms with Gasteiger partial charge < -0.3 is 9.47 Å². The Morgan fingerprint density at radius 2 is 2.04 bits per heavy atom. The fourth-order valence-corrected chi connectivity index (χ4v) is 3.70. The molecule has 0 fully saturated rings. The third kappa shape index (κ3) is 3.96. The molecule has 0 radical (unpaired) electrons. The Morgan fingerprint density at radius 3 is 2.68 bits per heavy atom. The molecule has 1 aliphatic carbocycles. The van der Waals surface area contributed by atoms with E-state index in [0.717, 1.165) is 35.2 Å². The predicted molar refractivity (Wildman–Crippen MR) is 107 cm³/mol. The highest BCUT2D eigenvalue weighted by Crippen LogP contribution is 2.38. The zero-order valence-electron chi connectivity index (χ0n) is 16.7. The number of fused-ring (bicyclic) bond motifs is 1. The summed E-state index contributed by atoms with van der Waals surface area (Å²) >= 11 is 0. The van der Waals surface area contributed by atoms with Crippen LogP contribution in [-0.4, -0.2) is 29.3 Å². The molecule has 5 nitrogen and oxygen atoms in total. The predicted octanol–water partition coefficient (Wildman–Crippen LogP) is 4.31. The van der Waals surface area contributed by atoms with Crippen molar-refractivity contribution in [3.63, 3.8) is 0 Å². The first-order valence-electron chi connectivity index (χ1n) is 9.35. The van der Waals surface area contributed by atoms with E-state index in [1.54, 1.807) is 26.8 Å². The zero-order valence-corrected chi connectivity index (χ0v) is 16.7. The maximum Gasteiger partial charge on any atom is 0.419 e. The van der Waals surface area contributed by atoms with Crippen molar-refractivity contribution in [2.75, 3.05) is 7.11 Å². The van der Waals surface area contributed by atoms with Gasteiger partial charge in [-0.2, -0.15) is 0 Å². The fraction of sp³-hybridized carbons (Fsp3) is 0.391. The van der Waals surface area contributed by atoms with Gasteiger partial charge in [0.05, 0.1) is 7.11 Å². The van der Waals surface area contributed by atoms with E-state index in [9.17, 15) is 9.59 Å². The van der Waals surface area contributed by atoms with Gasteiger partial charge in [-0.15, -0.1) is 6.42 Å². The van der Waals surface area contributed by atoms with Gasteiger partial charge in [-0.05, 0) is 75.3 Å². The number of aromatic nitrogens is 1. The first kappa shape index (κ1) is 19.8. The standard InChI is InChI=1S/C23H25NO4/c1-6-15-8-7-9-16(12-15)13-17-10-11-19-18(17)14-20(21(25)27-5)24(19)22(26)28-23(2,3)4/h1,7-9,12,14,17H,10-11,13H2,2-5H3. The van der Waals surface area contributed by atoms with Crippen molar-refractivity contribution in [2.45, 2.75) is 51.6 Å². The van der Waals surface area contributed by atoms with Crippen LogP contribution in [0.15, 0.2) is 30.3 Å². The molecule has 0 aliphatic heterocycles. The quantitative estimate of drug-likeness (QED) is 0.589. The van der Waals surface area contributed by atoms with E-state index in [0.29, 0.717) is 6.42 Å². The van der Waals surface area contributed by atoms with Crippen molar-refractivity contribution < 1.29 is 19.1 Å². The van der Waals surface area contributed by atoms with E-state index in [-0.39, 0.29) is 11.6 Å². The van der Waals surface area contributed by atoms with Crippen LogP contribution in [0.1, 0.15) is 66.0 Å². The number of esters is 1. The number of hydrogen-bond acceptors (Lipinski definition) is 4. The molecule has 1 unspecified atom stereocenters. The van der Waals surface area contributed by atoms with Crippen LogP contribution in [0.5, 0.6) is 0 Å². The molecule has 0 amide bonds. The monoisotopic (exact) mass is 379 g/mol. The molecular formula is C23H25NO4. The second kappa shape index (κ2) is 7.55. The summed E-state index contributed by atoms with van der Waals surface area (Å²) < 4.78 is 11.8. The van der Waals surface area contributed by atoms with Crippen LogP contribution < -0.4 is 0 Å². The summed E-state index contributed by atoms with van der Waals surface area (Å²) in [6.07, 6.45) is 7.34.